The summed E-state index contributed by atoms with van der Waals surface area (Å²) in [5.74, 6) is -1.11. The molecular weight excluding hydrogens is 376 g/mol. The van der Waals surface area contributed by atoms with Crippen LogP contribution in [0.15, 0.2) is 54.0 Å². The Morgan fingerprint density at radius 2 is 1.90 bits per heavy atom. The van der Waals surface area contributed by atoms with Crippen molar-refractivity contribution >= 4 is 17.2 Å². The summed E-state index contributed by atoms with van der Waals surface area (Å²) >= 11 is 0. The largest absolute Gasteiger partial charge is 0.490 e. The number of hydrogen-bond donors (Lipinski definition) is 1. The van der Waals surface area contributed by atoms with Crippen LogP contribution in [-0.2, 0) is 6.54 Å². The van der Waals surface area contributed by atoms with Gasteiger partial charge in [0.1, 0.15) is 11.6 Å². The van der Waals surface area contributed by atoms with E-state index in [1.165, 1.54) is 25.4 Å². The molecule has 1 N–H and O–H groups in total. The molecule has 1 heterocycles. The van der Waals surface area contributed by atoms with Gasteiger partial charge in [-0.3, -0.25) is 4.79 Å². The Balaban J connectivity index is 2.06. The Labute approximate surface area is 167 Å². The van der Waals surface area contributed by atoms with E-state index in [-0.39, 0.29) is 18.2 Å². The summed E-state index contributed by atoms with van der Waals surface area (Å²) in [4.78, 5) is 16.3. The molecule has 7 heteroatoms. The van der Waals surface area contributed by atoms with E-state index in [1.807, 2.05) is 32.0 Å². The zero-order valence-corrected chi connectivity index (χ0v) is 16.4. The minimum absolute atomic E-state index is 0.0276. The van der Waals surface area contributed by atoms with E-state index in [9.17, 15) is 13.6 Å². The highest BCUT2D eigenvalue weighted by atomic mass is 19.1. The monoisotopic (exact) mass is 397 g/mol. The Hall–Kier alpha value is -3.48. The van der Waals surface area contributed by atoms with Gasteiger partial charge < -0.3 is 14.6 Å². The van der Waals surface area contributed by atoms with Gasteiger partial charge in [0.2, 0.25) is 11.7 Å². The molecule has 3 rings (SSSR count). The number of benzene rings is 2. The van der Waals surface area contributed by atoms with Gasteiger partial charge in [-0.05, 0) is 48.7 Å². The van der Waals surface area contributed by atoms with Crippen LogP contribution < -0.4 is 15.6 Å². The van der Waals surface area contributed by atoms with Crippen LogP contribution in [-0.4, -0.2) is 16.7 Å². The molecular formula is C22H21F2N3O2. The SMILES string of the molecule is C=C(C)c1ccc(C)c(Nc2nc(=O)c(OC)cn2Cc2cc(F)cc(F)c2)c1. The lowest BCUT2D eigenvalue weighted by Crippen LogP contribution is -2.19. The predicted molar refractivity (Wildman–Crippen MR) is 110 cm³/mol. The lowest BCUT2D eigenvalue weighted by atomic mass is 10.1. The van der Waals surface area contributed by atoms with Crippen molar-refractivity contribution in [2.45, 2.75) is 20.4 Å². The molecule has 0 aliphatic heterocycles. The van der Waals surface area contributed by atoms with Gasteiger partial charge in [0.05, 0.1) is 19.9 Å². The first kappa shape index (κ1) is 20.3. The average molecular weight is 397 g/mol. The van der Waals surface area contributed by atoms with E-state index < -0.39 is 17.2 Å². The highest BCUT2D eigenvalue weighted by Gasteiger charge is 2.12. The smallest absolute Gasteiger partial charge is 0.316 e. The van der Waals surface area contributed by atoms with Gasteiger partial charge in [-0.1, -0.05) is 24.3 Å². The van der Waals surface area contributed by atoms with Crippen LogP contribution >= 0.6 is 0 Å². The van der Waals surface area contributed by atoms with Crippen molar-refractivity contribution in [3.05, 3.63) is 87.9 Å². The fraction of sp³-hybridized carbons (Fsp3) is 0.182. The number of ether oxygens (including phenoxy) is 1. The zero-order chi connectivity index (χ0) is 21.1. The van der Waals surface area contributed by atoms with Crippen LogP contribution in [0.4, 0.5) is 20.4 Å². The third-order valence-electron chi connectivity index (χ3n) is 4.44. The van der Waals surface area contributed by atoms with Crippen molar-refractivity contribution in [1.82, 2.24) is 9.55 Å². The molecule has 0 bridgehead atoms. The molecule has 0 radical (unpaired) electrons. The second kappa shape index (κ2) is 8.26. The molecule has 0 atom stereocenters. The van der Waals surface area contributed by atoms with Gasteiger partial charge in [-0.25, -0.2) is 8.78 Å². The summed E-state index contributed by atoms with van der Waals surface area (Å²) in [5.41, 5.74) is 3.33. The van der Waals surface area contributed by atoms with E-state index in [4.69, 9.17) is 4.74 Å². The van der Waals surface area contributed by atoms with E-state index in [2.05, 4.69) is 16.9 Å². The first-order chi connectivity index (χ1) is 13.8. The standard InChI is InChI=1S/C22H21F2N3O2/c1-13(2)16-6-5-14(3)19(9-16)25-22-26-21(28)20(29-4)12-27(22)11-15-7-17(23)10-18(24)8-15/h5-10,12H,1,11H2,2-4H3,(H,25,26,28). The fourth-order valence-corrected chi connectivity index (χ4v) is 2.88. The van der Waals surface area contributed by atoms with E-state index in [0.717, 1.165) is 28.5 Å². The number of nitrogens with zero attached hydrogens (tertiary/aromatic N) is 2. The number of methoxy groups -OCH3 is 1. The van der Waals surface area contributed by atoms with Crippen molar-refractivity contribution in [2.75, 3.05) is 12.4 Å². The number of aromatic nitrogens is 2. The fourth-order valence-electron chi connectivity index (χ4n) is 2.88. The molecule has 0 aliphatic carbocycles. The van der Waals surface area contributed by atoms with Gasteiger partial charge in [0, 0.05) is 11.8 Å². The average Bonchev–Trinajstić information content (AvgIpc) is 2.64. The summed E-state index contributed by atoms with van der Waals surface area (Å²) in [6.45, 7) is 7.84. The molecule has 0 spiro atoms. The van der Waals surface area contributed by atoms with Crippen LogP contribution in [0.25, 0.3) is 5.57 Å². The quantitative estimate of drug-likeness (QED) is 0.657. The first-order valence-corrected chi connectivity index (χ1v) is 8.91. The van der Waals surface area contributed by atoms with Crippen LogP contribution in [0.1, 0.15) is 23.6 Å². The molecule has 0 amide bonds. The third-order valence-corrected chi connectivity index (χ3v) is 4.44. The highest BCUT2D eigenvalue weighted by Crippen LogP contribution is 2.24. The predicted octanol–water partition coefficient (Wildman–Crippen LogP) is 4.66. The summed E-state index contributed by atoms with van der Waals surface area (Å²) in [6, 6.07) is 9.04. The van der Waals surface area contributed by atoms with Crippen molar-refractivity contribution in [3.8, 4) is 5.75 Å². The number of rotatable bonds is 6. The van der Waals surface area contributed by atoms with Crippen molar-refractivity contribution < 1.29 is 13.5 Å². The summed E-state index contributed by atoms with van der Waals surface area (Å²) in [5, 5.41) is 3.15. The molecule has 0 unspecified atom stereocenters. The molecule has 3 aromatic rings. The Morgan fingerprint density at radius 3 is 2.52 bits per heavy atom. The number of aryl methyl sites for hydroxylation is 1. The summed E-state index contributed by atoms with van der Waals surface area (Å²) in [6.07, 6.45) is 1.46. The maximum Gasteiger partial charge on any atom is 0.316 e. The van der Waals surface area contributed by atoms with Crippen molar-refractivity contribution in [1.29, 1.82) is 0 Å². The number of anilines is 2. The van der Waals surface area contributed by atoms with Gasteiger partial charge in [-0.15, -0.1) is 0 Å². The molecule has 2 aromatic carbocycles. The van der Waals surface area contributed by atoms with Gasteiger partial charge in [-0.2, -0.15) is 4.98 Å². The van der Waals surface area contributed by atoms with Crippen LogP contribution in [0.3, 0.4) is 0 Å². The van der Waals surface area contributed by atoms with E-state index in [0.29, 0.717) is 5.56 Å². The molecule has 0 saturated heterocycles. The Morgan fingerprint density at radius 1 is 1.21 bits per heavy atom. The minimum atomic E-state index is -0.680. The van der Waals surface area contributed by atoms with Crippen molar-refractivity contribution in [3.63, 3.8) is 0 Å². The summed E-state index contributed by atoms with van der Waals surface area (Å²) in [7, 11) is 1.36. The molecule has 5 nitrogen and oxygen atoms in total. The summed E-state index contributed by atoms with van der Waals surface area (Å²) < 4.78 is 33.8. The van der Waals surface area contributed by atoms with Gasteiger partial charge in [0.15, 0.2) is 0 Å². The second-order valence-electron chi connectivity index (χ2n) is 6.78. The topological polar surface area (TPSA) is 56.1 Å². The number of allylic oxidation sites excluding steroid dienone is 1. The number of hydrogen-bond acceptors (Lipinski definition) is 4. The van der Waals surface area contributed by atoms with Crippen molar-refractivity contribution in [2.24, 2.45) is 0 Å². The second-order valence-corrected chi connectivity index (χ2v) is 6.78. The van der Waals surface area contributed by atoms with Crippen LogP contribution in [0, 0.1) is 18.6 Å². The zero-order valence-electron chi connectivity index (χ0n) is 16.4. The lowest BCUT2D eigenvalue weighted by molar-refractivity contribution is 0.402. The molecule has 1 aromatic heterocycles. The van der Waals surface area contributed by atoms with Gasteiger partial charge in [0.25, 0.3) is 0 Å². The van der Waals surface area contributed by atoms with Crippen LogP contribution in [0.2, 0.25) is 0 Å². The Kier molecular flexibility index (Phi) is 5.77. The van der Waals surface area contributed by atoms with Gasteiger partial charge >= 0.3 is 5.56 Å². The third kappa shape index (κ3) is 4.68. The number of halogens is 2. The number of nitrogens with one attached hydrogen (secondary N) is 1. The Bertz CT molecular complexity index is 1120. The molecule has 0 fully saturated rings. The maximum absolute atomic E-state index is 13.6. The maximum atomic E-state index is 13.6. The van der Waals surface area contributed by atoms with Crippen LogP contribution in [0.5, 0.6) is 5.75 Å². The van der Waals surface area contributed by atoms with E-state index >= 15 is 0 Å². The first-order valence-electron chi connectivity index (χ1n) is 8.91. The van der Waals surface area contributed by atoms with E-state index in [1.54, 1.807) is 4.57 Å². The molecule has 29 heavy (non-hydrogen) atoms. The normalized spacial score (nSPS) is 10.7. The molecule has 0 aliphatic rings. The highest BCUT2D eigenvalue weighted by molar-refractivity contribution is 5.69. The lowest BCUT2D eigenvalue weighted by Gasteiger charge is -2.17. The molecule has 0 saturated carbocycles. The molecule has 150 valence electrons. The minimum Gasteiger partial charge on any atom is -0.490 e.